The van der Waals surface area contributed by atoms with E-state index in [0.29, 0.717) is 12.8 Å². The Labute approximate surface area is 107 Å². The van der Waals surface area contributed by atoms with E-state index in [2.05, 4.69) is 11.8 Å². The van der Waals surface area contributed by atoms with Gasteiger partial charge >= 0.3 is 0 Å². The smallest absolute Gasteiger partial charge is 0.226 e. The molecule has 94 valence electrons. The molecule has 1 amide bonds. The van der Waals surface area contributed by atoms with Crippen molar-refractivity contribution in [2.45, 2.75) is 25.7 Å². The number of aliphatic hydroxyl groups is 1. The zero-order chi connectivity index (χ0) is 12.8. The average molecular weight is 243 g/mol. The van der Waals surface area contributed by atoms with E-state index in [9.17, 15) is 4.79 Å². The van der Waals surface area contributed by atoms with E-state index in [-0.39, 0.29) is 12.5 Å². The second-order valence-electron chi connectivity index (χ2n) is 4.33. The van der Waals surface area contributed by atoms with E-state index in [1.165, 1.54) is 0 Å². The number of hydrogen-bond donors (Lipinski definition) is 1. The van der Waals surface area contributed by atoms with E-state index in [1.807, 2.05) is 29.2 Å². The summed E-state index contributed by atoms with van der Waals surface area (Å²) in [4.78, 5) is 13.7. The number of piperidine rings is 1. The first kappa shape index (κ1) is 12.7. The Balaban J connectivity index is 2.16. The Morgan fingerprint density at radius 3 is 3.00 bits per heavy atom. The lowest BCUT2D eigenvalue weighted by Crippen LogP contribution is -2.35. The minimum absolute atomic E-state index is 0.0807. The van der Waals surface area contributed by atoms with Gasteiger partial charge in [-0.15, -0.1) is 0 Å². The third kappa shape index (κ3) is 3.12. The number of carbonyl (C=O) groups is 1. The summed E-state index contributed by atoms with van der Waals surface area (Å²) in [7, 11) is 0. The van der Waals surface area contributed by atoms with Gasteiger partial charge in [0.2, 0.25) is 5.91 Å². The highest BCUT2D eigenvalue weighted by Gasteiger charge is 2.19. The van der Waals surface area contributed by atoms with Crippen LogP contribution in [0.1, 0.15) is 31.2 Å². The molecule has 1 N–H and O–H groups in total. The molecule has 1 aromatic rings. The molecular formula is C15H17NO2. The lowest BCUT2D eigenvalue weighted by atomic mass is 10.1. The average Bonchev–Trinajstić information content (AvgIpc) is 2.40. The largest absolute Gasteiger partial charge is 0.395 e. The van der Waals surface area contributed by atoms with Crippen molar-refractivity contribution in [3.05, 3.63) is 29.8 Å². The molecule has 0 radical (unpaired) electrons. The van der Waals surface area contributed by atoms with Crippen molar-refractivity contribution in [3.8, 4) is 11.8 Å². The van der Waals surface area contributed by atoms with Gasteiger partial charge in [-0.3, -0.25) is 4.79 Å². The summed E-state index contributed by atoms with van der Waals surface area (Å²) in [5, 5.41) is 8.68. The van der Waals surface area contributed by atoms with E-state index in [4.69, 9.17) is 5.11 Å². The predicted octanol–water partition coefficient (Wildman–Crippen LogP) is 1.94. The van der Waals surface area contributed by atoms with Crippen LogP contribution in [0.3, 0.4) is 0 Å². The molecule has 0 unspecified atom stereocenters. The van der Waals surface area contributed by atoms with E-state index in [1.54, 1.807) is 0 Å². The highest BCUT2D eigenvalue weighted by molar-refractivity contribution is 5.94. The minimum atomic E-state index is 0.0807. The van der Waals surface area contributed by atoms with Crippen molar-refractivity contribution in [1.82, 2.24) is 0 Å². The van der Waals surface area contributed by atoms with Crippen LogP contribution in [0.5, 0.6) is 0 Å². The van der Waals surface area contributed by atoms with Crippen LogP contribution in [0.2, 0.25) is 0 Å². The Kier molecular flexibility index (Phi) is 4.38. The molecule has 3 heteroatoms. The molecule has 1 saturated heterocycles. The number of rotatable bonds is 2. The summed E-state index contributed by atoms with van der Waals surface area (Å²) in [6.07, 6.45) is 3.17. The third-order valence-corrected chi connectivity index (χ3v) is 2.95. The fourth-order valence-corrected chi connectivity index (χ4v) is 2.05. The molecule has 1 aliphatic heterocycles. The van der Waals surface area contributed by atoms with Gasteiger partial charge < -0.3 is 10.0 Å². The van der Waals surface area contributed by atoms with E-state index in [0.717, 1.165) is 30.6 Å². The van der Waals surface area contributed by atoms with E-state index >= 15 is 0 Å². The topological polar surface area (TPSA) is 40.5 Å². The maximum atomic E-state index is 11.8. The van der Waals surface area contributed by atoms with Gasteiger partial charge in [0.05, 0.1) is 6.61 Å². The summed E-state index contributed by atoms with van der Waals surface area (Å²) < 4.78 is 0. The van der Waals surface area contributed by atoms with Gasteiger partial charge in [-0.1, -0.05) is 17.9 Å². The van der Waals surface area contributed by atoms with Crippen LogP contribution in [-0.4, -0.2) is 24.2 Å². The van der Waals surface area contributed by atoms with Gasteiger partial charge in [-0.25, -0.2) is 0 Å². The van der Waals surface area contributed by atoms with Crippen LogP contribution in [0.4, 0.5) is 5.69 Å². The lowest BCUT2D eigenvalue weighted by Gasteiger charge is -2.26. The molecule has 0 bridgehead atoms. The minimum Gasteiger partial charge on any atom is -0.395 e. The molecule has 0 saturated carbocycles. The van der Waals surface area contributed by atoms with Gasteiger partial charge in [0.25, 0.3) is 0 Å². The van der Waals surface area contributed by atoms with E-state index < -0.39 is 0 Å². The summed E-state index contributed by atoms with van der Waals surface area (Å²) >= 11 is 0. The molecule has 1 heterocycles. The number of anilines is 1. The van der Waals surface area contributed by atoms with Crippen LogP contribution >= 0.6 is 0 Å². The first-order valence-electron chi connectivity index (χ1n) is 6.31. The molecule has 1 aliphatic rings. The Morgan fingerprint density at radius 1 is 1.33 bits per heavy atom. The van der Waals surface area contributed by atoms with Gasteiger partial charge in [0.15, 0.2) is 0 Å². The summed E-state index contributed by atoms with van der Waals surface area (Å²) in [5.74, 6) is 6.08. The van der Waals surface area contributed by atoms with Crippen molar-refractivity contribution in [2.24, 2.45) is 0 Å². The first-order valence-corrected chi connectivity index (χ1v) is 6.31. The molecule has 1 fully saturated rings. The monoisotopic (exact) mass is 243 g/mol. The van der Waals surface area contributed by atoms with Gasteiger partial charge in [0.1, 0.15) is 0 Å². The molecule has 18 heavy (non-hydrogen) atoms. The number of hydrogen-bond acceptors (Lipinski definition) is 2. The number of aliphatic hydroxyl groups excluding tert-OH is 1. The molecular weight excluding hydrogens is 226 g/mol. The number of benzene rings is 1. The zero-order valence-electron chi connectivity index (χ0n) is 10.4. The van der Waals surface area contributed by atoms with Crippen LogP contribution in [0, 0.1) is 11.8 Å². The SMILES string of the molecule is O=C1CCCCN1c1cccc(C#CCCO)c1. The maximum absolute atomic E-state index is 11.8. The van der Waals surface area contributed by atoms with Crippen LogP contribution in [0.25, 0.3) is 0 Å². The molecule has 0 aromatic heterocycles. The summed E-state index contributed by atoms with van der Waals surface area (Å²) in [6.45, 7) is 0.879. The first-order chi connectivity index (χ1) is 8.81. The Bertz CT molecular complexity index is 485. The molecule has 1 aromatic carbocycles. The summed E-state index contributed by atoms with van der Waals surface area (Å²) in [5.41, 5.74) is 1.81. The number of carbonyl (C=O) groups excluding carboxylic acids is 1. The maximum Gasteiger partial charge on any atom is 0.226 e. The fraction of sp³-hybridized carbons (Fsp3) is 0.400. The predicted molar refractivity (Wildman–Crippen MR) is 71.2 cm³/mol. The molecule has 0 atom stereocenters. The van der Waals surface area contributed by atoms with Crippen molar-refractivity contribution in [1.29, 1.82) is 0 Å². The van der Waals surface area contributed by atoms with Gasteiger partial charge in [-0.05, 0) is 31.0 Å². The lowest BCUT2D eigenvalue weighted by molar-refractivity contribution is -0.119. The van der Waals surface area contributed by atoms with Gasteiger partial charge in [0, 0.05) is 30.6 Å². The standard InChI is InChI=1S/C15H17NO2/c17-11-4-2-6-13-7-5-8-14(12-13)16-10-3-1-9-15(16)18/h5,7-8,12,17H,1,3-4,9-11H2. The normalized spacial score (nSPS) is 15.2. The fourth-order valence-electron chi connectivity index (χ4n) is 2.05. The highest BCUT2D eigenvalue weighted by atomic mass is 16.2. The molecule has 0 aliphatic carbocycles. The number of amides is 1. The molecule has 2 rings (SSSR count). The quantitative estimate of drug-likeness (QED) is 0.806. The van der Waals surface area contributed by atoms with Crippen molar-refractivity contribution in [2.75, 3.05) is 18.1 Å². The summed E-state index contributed by atoms with van der Waals surface area (Å²) in [6, 6.07) is 7.72. The third-order valence-electron chi connectivity index (χ3n) is 2.95. The Morgan fingerprint density at radius 2 is 2.22 bits per heavy atom. The van der Waals surface area contributed by atoms with Crippen molar-refractivity contribution in [3.63, 3.8) is 0 Å². The van der Waals surface area contributed by atoms with Crippen LogP contribution in [-0.2, 0) is 4.79 Å². The number of nitrogens with zero attached hydrogens (tertiary/aromatic N) is 1. The molecule has 0 spiro atoms. The van der Waals surface area contributed by atoms with Crippen LogP contribution < -0.4 is 4.90 Å². The van der Waals surface area contributed by atoms with Crippen molar-refractivity contribution < 1.29 is 9.90 Å². The second-order valence-corrected chi connectivity index (χ2v) is 4.33. The molecule has 3 nitrogen and oxygen atoms in total. The highest BCUT2D eigenvalue weighted by Crippen LogP contribution is 2.21. The second kappa shape index (κ2) is 6.23. The zero-order valence-corrected chi connectivity index (χ0v) is 10.4. The Hall–Kier alpha value is -1.79. The van der Waals surface area contributed by atoms with Crippen molar-refractivity contribution >= 4 is 11.6 Å². The van der Waals surface area contributed by atoms with Gasteiger partial charge in [-0.2, -0.15) is 0 Å². The van der Waals surface area contributed by atoms with Crippen LogP contribution in [0.15, 0.2) is 24.3 Å².